The zero-order valence-electron chi connectivity index (χ0n) is 7.83. The van der Waals surface area contributed by atoms with E-state index in [2.05, 4.69) is 23.4 Å². The van der Waals surface area contributed by atoms with Gasteiger partial charge in [-0.2, -0.15) is 0 Å². The van der Waals surface area contributed by atoms with Crippen molar-refractivity contribution in [3.8, 4) is 0 Å². The van der Waals surface area contributed by atoms with Gasteiger partial charge in [-0.05, 0) is 19.9 Å². The minimum atomic E-state index is 0.479. The molecule has 0 saturated carbocycles. The third-order valence-corrected chi connectivity index (χ3v) is 2.12. The smallest absolute Gasteiger partial charge is 0.108 e. The van der Waals surface area contributed by atoms with Crippen molar-refractivity contribution in [1.82, 2.24) is 9.55 Å². The maximum absolute atomic E-state index is 5.49. The van der Waals surface area contributed by atoms with Crippen LogP contribution in [-0.4, -0.2) is 16.1 Å². The van der Waals surface area contributed by atoms with Gasteiger partial charge in [-0.15, -0.1) is 0 Å². The lowest BCUT2D eigenvalue weighted by atomic mass is 10.2. The monoisotopic (exact) mass is 167 g/mol. The van der Waals surface area contributed by atoms with Crippen LogP contribution in [0.2, 0.25) is 0 Å². The molecule has 1 aromatic rings. The molecule has 0 amide bonds. The number of nitrogens with zero attached hydrogens (tertiary/aromatic N) is 2. The summed E-state index contributed by atoms with van der Waals surface area (Å²) in [6.07, 6.45) is 5.89. The minimum Gasteiger partial charge on any atom is -0.332 e. The molecular weight excluding hydrogens is 150 g/mol. The highest BCUT2D eigenvalue weighted by molar-refractivity contribution is 4.94. The highest BCUT2D eigenvalue weighted by atomic mass is 15.1. The van der Waals surface area contributed by atoms with Crippen molar-refractivity contribution in [2.24, 2.45) is 5.73 Å². The third kappa shape index (κ3) is 1.85. The molecule has 0 aliphatic heterocycles. The van der Waals surface area contributed by atoms with Crippen molar-refractivity contribution in [2.75, 3.05) is 6.54 Å². The van der Waals surface area contributed by atoms with E-state index in [4.69, 9.17) is 5.73 Å². The first-order valence-electron chi connectivity index (χ1n) is 4.51. The quantitative estimate of drug-likeness (QED) is 0.735. The van der Waals surface area contributed by atoms with Crippen molar-refractivity contribution in [1.29, 1.82) is 0 Å². The van der Waals surface area contributed by atoms with Gasteiger partial charge in [0.05, 0.1) is 0 Å². The summed E-state index contributed by atoms with van der Waals surface area (Å²) in [5.74, 6) is 1.15. The first-order chi connectivity index (χ1) is 5.79. The predicted octanol–water partition coefficient (Wildman–Crippen LogP) is 1.36. The van der Waals surface area contributed by atoms with E-state index >= 15 is 0 Å². The van der Waals surface area contributed by atoms with Gasteiger partial charge in [0, 0.05) is 24.9 Å². The molecule has 0 aliphatic rings. The summed E-state index contributed by atoms with van der Waals surface area (Å²) in [5.41, 5.74) is 5.49. The first-order valence-corrected chi connectivity index (χ1v) is 4.51. The molecule has 0 fully saturated rings. The lowest BCUT2D eigenvalue weighted by Crippen LogP contribution is -2.12. The topological polar surface area (TPSA) is 43.8 Å². The van der Waals surface area contributed by atoms with Crippen LogP contribution in [0.1, 0.15) is 32.1 Å². The summed E-state index contributed by atoms with van der Waals surface area (Å²) >= 11 is 0. The number of nitrogens with two attached hydrogens (primary N) is 1. The number of hydrogen-bond donors (Lipinski definition) is 1. The van der Waals surface area contributed by atoms with Gasteiger partial charge in [0.25, 0.3) is 0 Å². The molecule has 0 radical (unpaired) electrons. The summed E-state index contributed by atoms with van der Waals surface area (Å²) in [5, 5.41) is 0. The van der Waals surface area contributed by atoms with Crippen LogP contribution in [0.15, 0.2) is 12.4 Å². The van der Waals surface area contributed by atoms with E-state index in [0.29, 0.717) is 6.04 Å². The fourth-order valence-electron chi connectivity index (χ4n) is 1.40. The van der Waals surface area contributed by atoms with Crippen molar-refractivity contribution in [3.05, 3.63) is 18.2 Å². The maximum atomic E-state index is 5.49. The molecule has 3 heteroatoms. The second-order valence-electron chi connectivity index (χ2n) is 3.03. The maximum Gasteiger partial charge on any atom is 0.108 e. The van der Waals surface area contributed by atoms with Crippen molar-refractivity contribution >= 4 is 0 Å². The van der Waals surface area contributed by atoms with Crippen LogP contribution >= 0.6 is 0 Å². The van der Waals surface area contributed by atoms with Gasteiger partial charge < -0.3 is 10.3 Å². The number of aromatic nitrogens is 2. The second-order valence-corrected chi connectivity index (χ2v) is 3.03. The van der Waals surface area contributed by atoms with Crippen LogP contribution in [0.3, 0.4) is 0 Å². The average molecular weight is 167 g/mol. The molecular formula is C9H17N3. The van der Waals surface area contributed by atoms with Crippen molar-refractivity contribution in [2.45, 2.75) is 32.7 Å². The largest absolute Gasteiger partial charge is 0.332 e. The molecule has 1 atom stereocenters. The zero-order valence-corrected chi connectivity index (χ0v) is 7.83. The Balaban J connectivity index is 2.71. The SMILES string of the molecule is CCc1nccn1C(C)CCN. The molecule has 2 N–H and O–H groups in total. The average Bonchev–Trinajstić information content (AvgIpc) is 2.51. The molecule has 68 valence electrons. The fourth-order valence-corrected chi connectivity index (χ4v) is 1.40. The van der Waals surface area contributed by atoms with E-state index < -0.39 is 0 Å². The second kappa shape index (κ2) is 4.26. The minimum absolute atomic E-state index is 0.479. The molecule has 0 aromatic carbocycles. The summed E-state index contributed by atoms with van der Waals surface area (Å²) < 4.78 is 2.20. The van der Waals surface area contributed by atoms with Gasteiger partial charge in [-0.25, -0.2) is 4.98 Å². The zero-order chi connectivity index (χ0) is 8.97. The van der Waals surface area contributed by atoms with Gasteiger partial charge in [-0.3, -0.25) is 0 Å². The first kappa shape index (κ1) is 9.26. The molecule has 0 spiro atoms. The molecule has 3 nitrogen and oxygen atoms in total. The Morgan fingerprint density at radius 1 is 1.67 bits per heavy atom. The summed E-state index contributed by atoms with van der Waals surface area (Å²) in [7, 11) is 0. The van der Waals surface area contributed by atoms with Crippen LogP contribution in [0, 0.1) is 0 Å². The lowest BCUT2D eigenvalue weighted by molar-refractivity contribution is 0.496. The van der Waals surface area contributed by atoms with Crippen molar-refractivity contribution < 1.29 is 0 Å². The van der Waals surface area contributed by atoms with Gasteiger partial charge in [0.2, 0.25) is 0 Å². The van der Waals surface area contributed by atoms with Crippen LogP contribution in [0.5, 0.6) is 0 Å². The fraction of sp³-hybridized carbons (Fsp3) is 0.667. The van der Waals surface area contributed by atoms with Crippen LogP contribution in [0.25, 0.3) is 0 Å². The highest BCUT2D eigenvalue weighted by Gasteiger charge is 2.06. The van der Waals surface area contributed by atoms with E-state index in [0.717, 1.165) is 25.2 Å². The van der Waals surface area contributed by atoms with Gasteiger partial charge >= 0.3 is 0 Å². The van der Waals surface area contributed by atoms with Crippen LogP contribution < -0.4 is 5.73 Å². The molecule has 1 aromatic heterocycles. The third-order valence-electron chi connectivity index (χ3n) is 2.12. The number of rotatable bonds is 4. The Labute approximate surface area is 73.6 Å². The van der Waals surface area contributed by atoms with Gasteiger partial charge in [-0.1, -0.05) is 6.92 Å². The van der Waals surface area contributed by atoms with Gasteiger partial charge in [0.1, 0.15) is 5.82 Å². The number of imidazole rings is 1. The Morgan fingerprint density at radius 2 is 2.42 bits per heavy atom. The van der Waals surface area contributed by atoms with E-state index in [1.807, 2.05) is 12.4 Å². The molecule has 0 saturated heterocycles. The van der Waals surface area contributed by atoms with E-state index in [-0.39, 0.29) is 0 Å². The lowest BCUT2D eigenvalue weighted by Gasteiger charge is -2.14. The Kier molecular flexibility index (Phi) is 3.29. The Morgan fingerprint density at radius 3 is 3.00 bits per heavy atom. The van der Waals surface area contributed by atoms with E-state index in [1.54, 1.807) is 0 Å². The normalized spacial score (nSPS) is 13.2. The van der Waals surface area contributed by atoms with E-state index in [1.165, 1.54) is 0 Å². The molecule has 1 rings (SSSR count). The summed E-state index contributed by atoms with van der Waals surface area (Å²) in [6.45, 7) is 5.03. The molecule has 12 heavy (non-hydrogen) atoms. The highest BCUT2D eigenvalue weighted by Crippen LogP contribution is 2.12. The number of aryl methyl sites for hydroxylation is 1. The van der Waals surface area contributed by atoms with Crippen LogP contribution in [0.4, 0.5) is 0 Å². The summed E-state index contributed by atoms with van der Waals surface area (Å²) in [6, 6.07) is 0.479. The standard InChI is InChI=1S/C9H17N3/c1-3-9-11-6-7-12(9)8(2)4-5-10/h6-8H,3-5,10H2,1-2H3. The number of hydrogen-bond acceptors (Lipinski definition) is 2. The molecule has 1 unspecified atom stereocenters. The molecule has 0 aliphatic carbocycles. The predicted molar refractivity (Wildman–Crippen MR) is 50.0 cm³/mol. The molecule has 0 bridgehead atoms. The Bertz CT molecular complexity index is 229. The van der Waals surface area contributed by atoms with Crippen LogP contribution in [-0.2, 0) is 6.42 Å². The summed E-state index contributed by atoms with van der Waals surface area (Å²) in [4.78, 5) is 4.26. The Hall–Kier alpha value is -0.830. The molecule has 1 heterocycles. The van der Waals surface area contributed by atoms with Gasteiger partial charge in [0.15, 0.2) is 0 Å². The van der Waals surface area contributed by atoms with E-state index in [9.17, 15) is 0 Å². The van der Waals surface area contributed by atoms with Crippen molar-refractivity contribution in [3.63, 3.8) is 0 Å².